The molecule has 1 amide bonds. The van der Waals surface area contributed by atoms with Crippen molar-refractivity contribution in [1.82, 2.24) is 10.9 Å². The molecule has 0 unspecified atom stereocenters. The molecule has 0 spiro atoms. The molecular formula is C34H31F3N6O4. The first kappa shape index (κ1) is 33.0. The number of halogens is 3. The summed E-state index contributed by atoms with van der Waals surface area (Å²) in [4.78, 5) is 22.2. The summed E-state index contributed by atoms with van der Waals surface area (Å²) in [6.45, 7) is 0.238. The zero-order chi connectivity index (χ0) is 33.3. The topological polar surface area (TPSA) is 141 Å². The molecule has 0 aromatic heterocycles. The first-order valence-corrected chi connectivity index (χ1v) is 14.7. The summed E-state index contributed by atoms with van der Waals surface area (Å²) in [5.41, 5.74) is 14.5. The lowest BCUT2D eigenvalue weighted by Crippen LogP contribution is -2.53. The molecule has 0 fully saturated rings. The molecule has 0 saturated carbocycles. The van der Waals surface area contributed by atoms with Gasteiger partial charge in [-0.1, -0.05) is 77.9 Å². The molecule has 0 saturated heterocycles. The van der Waals surface area contributed by atoms with Gasteiger partial charge in [-0.25, -0.2) is 10.4 Å². The molecule has 1 aliphatic rings. The molecule has 0 bridgehead atoms. The maximum absolute atomic E-state index is 14.3. The third-order valence-electron chi connectivity index (χ3n) is 7.49. The van der Waals surface area contributed by atoms with Crippen molar-refractivity contribution in [2.24, 2.45) is 10.1 Å². The number of aliphatic hydroxyl groups is 1. The van der Waals surface area contributed by atoms with E-state index in [1.54, 1.807) is 72.8 Å². The highest BCUT2D eigenvalue weighted by Gasteiger charge is 2.53. The summed E-state index contributed by atoms with van der Waals surface area (Å²) in [6, 6.07) is 27.6. The van der Waals surface area contributed by atoms with E-state index in [1.165, 1.54) is 12.1 Å². The second-order valence-corrected chi connectivity index (χ2v) is 10.7. The Balaban J connectivity index is 1.52. The van der Waals surface area contributed by atoms with Crippen LogP contribution in [0.1, 0.15) is 40.3 Å². The summed E-state index contributed by atoms with van der Waals surface area (Å²) < 4.78 is 51.9. The summed E-state index contributed by atoms with van der Waals surface area (Å²) in [5, 5.41) is 12.8. The summed E-state index contributed by atoms with van der Waals surface area (Å²) in [5.74, 6) is 0.134. The molecule has 47 heavy (non-hydrogen) atoms. The van der Waals surface area contributed by atoms with Gasteiger partial charge in [0.25, 0.3) is 5.91 Å². The standard InChI is InChI=1S/C34H31F3N6O4/c35-34(36,37)27-12-6-8-23(20-27)22-39-42-32(45)33(21-26-11-4-5-13-29(26)41-43-38)30(24-9-2-1-3-10-24)47-31(40-33)25-14-16-28(17-15-25)46-19-7-18-44/h1-6,8-17,20,30,39,44H,7,18-19,21-22H2,(H,42,45)/t30-,33-/m0/s1. The van der Waals surface area contributed by atoms with Gasteiger partial charge in [0.2, 0.25) is 5.90 Å². The molecular weight excluding hydrogens is 613 g/mol. The fraction of sp³-hybridized carbons (Fsp3) is 0.235. The van der Waals surface area contributed by atoms with E-state index in [1.807, 2.05) is 6.07 Å². The van der Waals surface area contributed by atoms with Crippen LogP contribution >= 0.6 is 0 Å². The van der Waals surface area contributed by atoms with Crippen LogP contribution in [0.2, 0.25) is 0 Å². The van der Waals surface area contributed by atoms with Crippen LogP contribution < -0.4 is 15.6 Å². The van der Waals surface area contributed by atoms with Gasteiger partial charge < -0.3 is 14.6 Å². The molecule has 4 aromatic rings. The number of carbonyl (C=O) groups excluding carboxylic acids is 1. The van der Waals surface area contributed by atoms with E-state index in [4.69, 9.17) is 19.6 Å². The number of alkyl halides is 3. The quantitative estimate of drug-likeness (QED) is 0.0487. The molecule has 0 aliphatic carbocycles. The number of nitrogens with zero attached hydrogens (tertiary/aromatic N) is 4. The van der Waals surface area contributed by atoms with E-state index < -0.39 is 29.3 Å². The van der Waals surface area contributed by atoms with E-state index in [-0.39, 0.29) is 25.5 Å². The smallest absolute Gasteiger partial charge is 0.416 e. The summed E-state index contributed by atoms with van der Waals surface area (Å²) >= 11 is 0. The lowest BCUT2D eigenvalue weighted by Gasteiger charge is -2.31. The van der Waals surface area contributed by atoms with Gasteiger partial charge in [0.1, 0.15) is 5.75 Å². The van der Waals surface area contributed by atoms with Gasteiger partial charge >= 0.3 is 6.18 Å². The van der Waals surface area contributed by atoms with Gasteiger partial charge in [-0.3, -0.25) is 10.2 Å². The van der Waals surface area contributed by atoms with Crippen LogP contribution in [0.15, 0.2) is 113 Å². The number of hydrogen-bond acceptors (Lipinski definition) is 7. The van der Waals surface area contributed by atoms with Crippen LogP contribution in [0, 0.1) is 0 Å². The van der Waals surface area contributed by atoms with Crippen LogP contribution in [0.3, 0.4) is 0 Å². The lowest BCUT2D eigenvalue weighted by atomic mass is 9.81. The Morgan fingerprint density at radius 3 is 2.49 bits per heavy atom. The fourth-order valence-corrected chi connectivity index (χ4v) is 5.20. The number of hydrogen-bond donors (Lipinski definition) is 3. The van der Waals surface area contributed by atoms with Gasteiger partial charge in [-0.05, 0) is 52.6 Å². The van der Waals surface area contributed by atoms with Gasteiger partial charge in [-0.2, -0.15) is 13.2 Å². The van der Waals surface area contributed by atoms with Crippen molar-refractivity contribution in [1.29, 1.82) is 0 Å². The van der Waals surface area contributed by atoms with Crippen LogP contribution in [-0.4, -0.2) is 35.7 Å². The van der Waals surface area contributed by atoms with Crippen LogP contribution in [0.4, 0.5) is 18.9 Å². The molecule has 1 aliphatic heterocycles. The Labute approximate surface area is 268 Å². The van der Waals surface area contributed by atoms with E-state index in [2.05, 4.69) is 20.9 Å². The molecule has 5 rings (SSSR count). The number of amides is 1. The Kier molecular flexibility index (Phi) is 10.4. The molecule has 10 nitrogen and oxygen atoms in total. The van der Waals surface area contributed by atoms with E-state index in [0.29, 0.717) is 46.7 Å². The third-order valence-corrected chi connectivity index (χ3v) is 7.49. The maximum Gasteiger partial charge on any atom is 0.416 e. The molecule has 3 N–H and O–H groups in total. The van der Waals surface area contributed by atoms with Gasteiger partial charge in [0.15, 0.2) is 11.6 Å². The maximum atomic E-state index is 14.3. The number of carbonyl (C=O) groups is 1. The first-order chi connectivity index (χ1) is 22.7. The average molecular weight is 645 g/mol. The van der Waals surface area contributed by atoms with Crippen LogP contribution in [0.5, 0.6) is 5.75 Å². The minimum absolute atomic E-state index is 0.00532. The monoisotopic (exact) mass is 644 g/mol. The highest BCUT2D eigenvalue weighted by atomic mass is 19.4. The Morgan fingerprint density at radius 2 is 1.77 bits per heavy atom. The Hall–Kier alpha value is -5.36. The highest BCUT2D eigenvalue weighted by molar-refractivity contribution is 6.01. The van der Waals surface area contributed by atoms with Gasteiger partial charge in [0.05, 0.1) is 12.2 Å². The Bertz CT molecular complexity index is 1760. The van der Waals surface area contributed by atoms with Crippen molar-refractivity contribution < 1.29 is 32.5 Å². The summed E-state index contributed by atoms with van der Waals surface area (Å²) in [7, 11) is 0. The number of aliphatic imine (C=N–C) groups is 1. The molecule has 2 atom stereocenters. The Morgan fingerprint density at radius 1 is 1.02 bits per heavy atom. The van der Waals surface area contributed by atoms with Crippen molar-refractivity contribution in [2.45, 2.75) is 37.2 Å². The molecule has 242 valence electrons. The number of aliphatic hydroxyl groups excluding tert-OH is 1. The van der Waals surface area contributed by atoms with E-state index >= 15 is 0 Å². The molecule has 0 radical (unpaired) electrons. The third kappa shape index (κ3) is 7.90. The minimum Gasteiger partial charge on any atom is -0.494 e. The van der Waals surface area contributed by atoms with Gasteiger partial charge in [-0.15, -0.1) is 0 Å². The number of benzene rings is 4. The normalized spacial score (nSPS) is 17.3. The SMILES string of the molecule is [N-]=[N+]=Nc1ccccc1C[C@]1(C(=O)NNCc2cccc(C(F)(F)F)c2)N=C(c2ccc(OCCCO)cc2)O[C@H]1c1ccccc1. The summed E-state index contributed by atoms with van der Waals surface area (Å²) in [6.07, 6.45) is -5.03. The largest absolute Gasteiger partial charge is 0.494 e. The van der Waals surface area contributed by atoms with Crippen molar-refractivity contribution in [3.05, 3.63) is 141 Å². The van der Waals surface area contributed by atoms with Gasteiger partial charge in [0, 0.05) is 42.2 Å². The number of nitrogens with one attached hydrogen (secondary N) is 2. The molecule has 13 heteroatoms. The highest BCUT2D eigenvalue weighted by Crippen LogP contribution is 2.43. The van der Waals surface area contributed by atoms with Crippen molar-refractivity contribution in [3.63, 3.8) is 0 Å². The first-order valence-electron chi connectivity index (χ1n) is 14.7. The fourth-order valence-electron chi connectivity index (χ4n) is 5.20. The number of hydrazine groups is 1. The van der Waals surface area contributed by atoms with Crippen molar-refractivity contribution in [2.75, 3.05) is 13.2 Å². The van der Waals surface area contributed by atoms with Crippen LogP contribution in [0.25, 0.3) is 10.4 Å². The van der Waals surface area contributed by atoms with Crippen molar-refractivity contribution >= 4 is 17.5 Å². The zero-order valence-electron chi connectivity index (χ0n) is 25.0. The predicted molar refractivity (Wildman–Crippen MR) is 169 cm³/mol. The minimum atomic E-state index is -4.51. The second-order valence-electron chi connectivity index (χ2n) is 10.7. The van der Waals surface area contributed by atoms with E-state index in [0.717, 1.165) is 12.1 Å². The lowest BCUT2D eigenvalue weighted by molar-refractivity contribution is -0.137. The number of rotatable bonds is 13. The predicted octanol–water partition coefficient (Wildman–Crippen LogP) is 6.73. The zero-order valence-corrected chi connectivity index (χ0v) is 25.0. The second kappa shape index (κ2) is 14.8. The number of ether oxygens (including phenoxy) is 2. The molecule has 1 heterocycles. The van der Waals surface area contributed by atoms with Crippen molar-refractivity contribution in [3.8, 4) is 5.75 Å². The number of azide groups is 1. The van der Waals surface area contributed by atoms with E-state index in [9.17, 15) is 23.5 Å². The molecule has 4 aromatic carbocycles. The van der Waals surface area contributed by atoms with Crippen LogP contribution in [-0.2, 0) is 28.7 Å². The average Bonchev–Trinajstić information content (AvgIpc) is 3.47.